The van der Waals surface area contributed by atoms with E-state index in [0.29, 0.717) is 41.5 Å². The highest BCUT2D eigenvalue weighted by molar-refractivity contribution is 7.14. The SMILES string of the molecule is COC(=O)c1csc(NC(=O)CCc2ccccc2N2C(=O)NC(c3ccc4c(c3)OCCO4)C2=O)n1. The van der Waals surface area contributed by atoms with Crippen molar-refractivity contribution in [3.05, 3.63) is 64.7 Å². The molecule has 3 heterocycles. The average molecular weight is 523 g/mol. The van der Waals surface area contributed by atoms with Crippen LogP contribution >= 0.6 is 11.3 Å². The summed E-state index contributed by atoms with van der Waals surface area (Å²) in [5.74, 6) is -0.237. The molecule has 4 amide bonds. The van der Waals surface area contributed by atoms with Gasteiger partial charge in [-0.15, -0.1) is 11.3 Å². The summed E-state index contributed by atoms with van der Waals surface area (Å²) in [6, 6.07) is 10.6. The van der Waals surface area contributed by atoms with Crippen molar-refractivity contribution in [1.82, 2.24) is 10.3 Å². The van der Waals surface area contributed by atoms with Crippen LogP contribution in [-0.4, -0.2) is 49.1 Å². The zero-order valence-corrected chi connectivity index (χ0v) is 20.5. The number of para-hydroxylation sites is 1. The average Bonchev–Trinajstić information content (AvgIpc) is 3.50. The minimum absolute atomic E-state index is 0.0688. The number of nitrogens with one attached hydrogen (secondary N) is 2. The molecule has 0 bridgehead atoms. The standard InChI is InChI=1S/C25H22N4O7S/c1-34-23(32)16-13-37-24(26-16)27-20(30)9-7-14-4-2-3-5-17(14)29-22(31)21(28-25(29)33)15-6-8-18-19(12-15)36-11-10-35-18/h2-6,8,12-13,21H,7,9-11H2,1H3,(H,28,33)(H,26,27,30). The van der Waals surface area contributed by atoms with E-state index in [9.17, 15) is 19.2 Å². The molecule has 0 saturated carbocycles. The molecule has 2 aromatic carbocycles. The van der Waals surface area contributed by atoms with Crippen molar-refractivity contribution in [2.75, 3.05) is 30.5 Å². The minimum Gasteiger partial charge on any atom is -0.486 e. The van der Waals surface area contributed by atoms with E-state index in [4.69, 9.17) is 9.47 Å². The van der Waals surface area contributed by atoms with Gasteiger partial charge in [0.2, 0.25) is 5.91 Å². The van der Waals surface area contributed by atoms with Gasteiger partial charge in [-0.1, -0.05) is 24.3 Å². The first kappa shape index (κ1) is 24.3. The molecule has 2 aliphatic heterocycles. The fourth-order valence-electron chi connectivity index (χ4n) is 4.07. The summed E-state index contributed by atoms with van der Waals surface area (Å²) in [5, 5.41) is 7.15. The van der Waals surface area contributed by atoms with Crippen molar-refractivity contribution in [1.29, 1.82) is 0 Å². The van der Waals surface area contributed by atoms with E-state index >= 15 is 0 Å². The Kier molecular flexibility index (Phi) is 6.73. The van der Waals surface area contributed by atoms with Crippen LogP contribution in [-0.2, 0) is 20.7 Å². The van der Waals surface area contributed by atoms with Gasteiger partial charge in [0.25, 0.3) is 5.91 Å². The number of thiazole rings is 1. The van der Waals surface area contributed by atoms with Crippen LogP contribution in [0.3, 0.4) is 0 Å². The van der Waals surface area contributed by atoms with Gasteiger partial charge in [-0.2, -0.15) is 0 Å². The molecular weight excluding hydrogens is 500 g/mol. The van der Waals surface area contributed by atoms with Crippen LogP contribution in [0.1, 0.15) is 34.1 Å². The van der Waals surface area contributed by atoms with Crippen LogP contribution in [0.2, 0.25) is 0 Å². The lowest BCUT2D eigenvalue weighted by Gasteiger charge is -2.20. The van der Waals surface area contributed by atoms with E-state index in [-0.39, 0.29) is 29.6 Å². The number of carbonyl (C=O) groups excluding carboxylic acids is 4. The van der Waals surface area contributed by atoms with E-state index < -0.39 is 23.9 Å². The Balaban J connectivity index is 1.28. The summed E-state index contributed by atoms with van der Waals surface area (Å²) in [6.07, 6.45) is 0.336. The normalized spacial score (nSPS) is 16.4. The van der Waals surface area contributed by atoms with Gasteiger partial charge in [-0.25, -0.2) is 19.5 Å². The number of aryl methyl sites for hydroxylation is 1. The van der Waals surface area contributed by atoms with Crippen molar-refractivity contribution < 1.29 is 33.4 Å². The van der Waals surface area contributed by atoms with Crippen molar-refractivity contribution in [2.24, 2.45) is 0 Å². The number of hydrogen-bond acceptors (Lipinski definition) is 9. The summed E-state index contributed by atoms with van der Waals surface area (Å²) in [7, 11) is 1.25. The molecule has 1 atom stereocenters. The van der Waals surface area contributed by atoms with Crippen LogP contribution < -0.4 is 25.0 Å². The Bertz CT molecular complexity index is 1390. The number of imide groups is 1. The zero-order valence-electron chi connectivity index (χ0n) is 19.7. The topological polar surface area (TPSA) is 136 Å². The molecule has 2 aliphatic rings. The van der Waals surface area contributed by atoms with Crippen molar-refractivity contribution in [3.8, 4) is 11.5 Å². The van der Waals surface area contributed by atoms with E-state index in [1.54, 1.807) is 42.5 Å². The number of aromatic nitrogens is 1. The van der Waals surface area contributed by atoms with E-state index in [0.717, 1.165) is 16.2 Å². The quantitative estimate of drug-likeness (QED) is 0.357. The summed E-state index contributed by atoms with van der Waals surface area (Å²) < 4.78 is 15.8. The Morgan fingerprint density at radius 2 is 1.95 bits per heavy atom. The number of carbonyl (C=O) groups is 4. The molecule has 1 fully saturated rings. The number of nitrogens with zero attached hydrogens (tertiary/aromatic N) is 2. The van der Waals surface area contributed by atoms with Crippen LogP contribution in [0.5, 0.6) is 11.5 Å². The third kappa shape index (κ3) is 4.96. The molecule has 3 aromatic rings. The maximum Gasteiger partial charge on any atom is 0.357 e. The Labute approximate surface area is 215 Å². The molecule has 0 spiro atoms. The summed E-state index contributed by atoms with van der Waals surface area (Å²) in [5.41, 5.74) is 1.74. The summed E-state index contributed by atoms with van der Waals surface area (Å²) >= 11 is 1.11. The van der Waals surface area contributed by atoms with E-state index in [1.165, 1.54) is 12.5 Å². The molecule has 11 nitrogen and oxygen atoms in total. The third-order valence-corrected chi connectivity index (χ3v) is 6.59. The second-order valence-corrected chi connectivity index (χ2v) is 9.02. The lowest BCUT2D eigenvalue weighted by molar-refractivity contribution is -0.118. The number of anilines is 2. The van der Waals surface area contributed by atoms with E-state index in [2.05, 4.69) is 20.4 Å². The van der Waals surface area contributed by atoms with Gasteiger partial charge in [0.05, 0.1) is 12.8 Å². The molecule has 12 heteroatoms. The lowest BCUT2D eigenvalue weighted by Crippen LogP contribution is -2.31. The molecule has 190 valence electrons. The fraction of sp³-hybridized carbons (Fsp3) is 0.240. The zero-order chi connectivity index (χ0) is 25.9. The Hall–Kier alpha value is -4.45. The summed E-state index contributed by atoms with van der Waals surface area (Å²) in [4.78, 5) is 55.4. The largest absolute Gasteiger partial charge is 0.486 e. The number of fused-ring (bicyclic) bond motifs is 1. The van der Waals surface area contributed by atoms with Crippen molar-refractivity contribution >= 4 is 46.0 Å². The monoisotopic (exact) mass is 522 g/mol. The highest BCUT2D eigenvalue weighted by Crippen LogP contribution is 2.36. The first-order valence-electron chi connectivity index (χ1n) is 11.4. The second kappa shape index (κ2) is 10.3. The maximum absolute atomic E-state index is 13.3. The third-order valence-electron chi connectivity index (χ3n) is 5.84. The highest BCUT2D eigenvalue weighted by Gasteiger charge is 2.41. The van der Waals surface area contributed by atoms with Crippen molar-refractivity contribution in [3.63, 3.8) is 0 Å². The number of ether oxygens (including phenoxy) is 3. The highest BCUT2D eigenvalue weighted by atomic mass is 32.1. The predicted molar refractivity (Wildman–Crippen MR) is 133 cm³/mol. The number of benzene rings is 2. The number of esters is 1. The maximum atomic E-state index is 13.3. The van der Waals surface area contributed by atoms with Gasteiger partial charge in [0.15, 0.2) is 22.3 Å². The van der Waals surface area contributed by atoms with Crippen LogP contribution in [0.4, 0.5) is 15.6 Å². The fourth-order valence-corrected chi connectivity index (χ4v) is 4.77. The lowest BCUT2D eigenvalue weighted by atomic mass is 10.0. The molecule has 0 radical (unpaired) electrons. The Morgan fingerprint density at radius 1 is 1.16 bits per heavy atom. The van der Waals surface area contributed by atoms with Gasteiger partial charge >= 0.3 is 12.0 Å². The van der Waals surface area contributed by atoms with Gasteiger partial charge in [0, 0.05) is 11.8 Å². The smallest absolute Gasteiger partial charge is 0.357 e. The number of amides is 4. The van der Waals surface area contributed by atoms with Crippen molar-refractivity contribution in [2.45, 2.75) is 18.9 Å². The van der Waals surface area contributed by atoms with Gasteiger partial charge in [0.1, 0.15) is 19.3 Å². The first-order valence-corrected chi connectivity index (χ1v) is 12.3. The minimum atomic E-state index is -0.881. The van der Waals surface area contributed by atoms with Crippen LogP contribution in [0.15, 0.2) is 47.8 Å². The molecule has 37 heavy (non-hydrogen) atoms. The van der Waals surface area contributed by atoms with Gasteiger partial charge in [-0.3, -0.25) is 9.59 Å². The number of hydrogen-bond donors (Lipinski definition) is 2. The molecule has 2 N–H and O–H groups in total. The van der Waals surface area contributed by atoms with Gasteiger partial charge < -0.3 is 24.8 Å². The molecule has 0 aliphatic carbocycles. The van der Waals surface area contributed by atoms with Crippen LogP contribution in [0, 0.1) is 0 Å². The van der Waals surface area contributed by atoms with Gasteiger partial charge in [-0.05, 0) is 35.7 Å². The molecular formula is C25H22N4O7S. The number of methoxy groups -OCH3 is 1. The van der Waals surface area contributed by atoms with E-state index in [1.807, 2.05) is 0 Å². The summed E-state index contributed by atoms with van der Waals surface area (Å²) in [6.45, 7) is 0.857. The molecule has 1 aromatic heterocycles. The second-order valence-electron chi connectivity index (χ2n) is 8.17. The first-order chi connectivity index (χ1) is 17.9. The Morgan fingerprint density at radius 3 is 2.76 bits per heavy atom. The predicted octanol–water partition coefficient (Wildman–Crippen LogP) is 3.07. The van der Waals surface area contributed by atoms with Crippen LogP contribution in [0.25, 0.3) is 0 Å². The number of rotatable bonds is 7. The molecule has 1 unspecified atom stereocenters. The molecule has 1 saturated heterocycles. The molecule has 5 rings (SSSR count). The number of urea groups is 1.